The number of amidine groups is 1. The third-order valence-electron chi connectivity index (χ3n) is 5.63. The van der Waals surface area contributed by atoms with Crippen LogP contribution in [0.4, 0.5) is 11.4 Å². The minimum absolute atomic E-state index is 0.0818. The van der Waals surface area contributed by atoms with Gasteiger partial charge in [0.25, 0.3) is 0 Å². The normalized spacial score (nSPS) is 17.1. The Morgan fingerprint density at radius 1 is 1.12 bits per heavy atom. The van der Waals surface area contributed by atoms with E-state index in [0.717, 1.165) is 38.8 Å². The third kappa shape index (κ3) is 4.86. The van der Waals surface area contributed by atoms with Gasteiger partial charge in [-0.25, -0.2) is 4.99 Å². The van der Waals surface area contributed by atoms with Gasteiger partial charge in [-0.3, -0.25) is 14.5 Å². The smallest absolute Gasteiger partial charge is 0.242 e. The second-order valence-electron chi connectivity index (χ2n) is 8.26. The molecular formula is C27H27N3O2S. The summed E-state index contributed by atoms with van der Waals surface area (Å²) in [6, 6.07) is 18.0. The van der Waals surface area contributed by atoms with E-state index in [9.17, 15) is 9.59 Å². The fourth-order valence-electron chi connectivity index (χ4n) is 4.17. The van der Waals surface area contributed by atoms with Crippen LogP contribution in [0.3, 0.4) is 0 Å². The minimum Gasteiger partial charge on any atom is -0.326 e. The molecule has 2 amide bonds. The topological polar surface area (TPSA) is 61.8 Å². The Labute approximate surface area is 198 Å². The Hall–Kier alpha value is -3.38. The van der Waals surface area contributed by atoms with Crippen LogP contribution in [0.2, 0.25) is 0 Å². The number of fused-ring (bicyclic) bond motifs is 1. The van der Waals surface area contributed by atoms with Crippen molar-refractivity contribution in [1.29, 1.82) is 0 Å². The van der Waals surface area contributed by atoms with Gasteiger partial charge in [-0.2, -0.15) is 0 Å². The number of anilines is 1. The van der Waals surface area contributed by atoms with Crippen LogP contribution in [0.15, 0.2) is 72.2 Å². The fraction of sp³-hybridized carbons (Fsp3) is 0.222. The van der Waals surface area contributed by atoms with Gasteiger partial charge in [0.05, 0.1) is 5.69 Å². The quantitative estimate of drug-likeness (QED) is 0.468. The van der Waals surface area contributed by atoms with Gasteiger partial charge in [0.1, 0.15) is 5.25 Å². The summed E-state index contributed by atoms with van der Waals surface area (Å²) in [7, 11) is 0. The molecule has 0 saturated carbocycles. The molecule has 4 rings (SSSR count). The summed E-state index contributed by atoms with van der Waals surface area (Å²) in [6.07, 6.45) is 1.76. The molecule has 0 radical (unpaired) electrons. The van der Waals surface area contributed by atoms with E-state index in [0.29, 0.717) is 11.7 Å². The van der Waals surface area contributed by atoms with E-state index >= 15 is 0 Å². The lowest BCUT2D eigenvalue weighted by atomic mass is 10.0. The van der Waals surface area contributed by atoms with E-state index < -0.39 is 5.25 Å². The van der Waals surface area contributed by atoms with Gasteiger partial charge in [-0.1, -0.05) is 71.9 Å². The van der Waals surface area contributed by atoms with E-state index in [-0.39, 0.29) is 18.2 Å². The zero-order valence-corrected chi connectivity index (χ0v) is 19.9. The van der Waals surface area contributed by atoms with Gasteiger partial charge < -0.3 is 5.32 Å². The zero-order valence-electron chi connectivity index (χ0n) is 19.1. The number of amides is 2. The van der Waals surface area contributed by atoms with Crippen molar-refractivity contribution in [2.45, 2.75) is 32.4 Å². The Balaban J connectivity index is 1.57. The molecule has 1 aliphatic heterocycles. The number of carbonyl (C=O) groups excluding carboxylic acids is 2. The van der Waals surface area contributed by atoms with E-state index in [1.807, 2.05) is 75.4 Å². The first-order valence-electron chi connectivity index (χ1n) is 10.9. The average molecular weight is 458 g/mol. The summed E-state index contributed by atoms with van der Waals surface area (Å²) in [6.45, 7) is 10.1. The Bertz CT molecular complexity index is 1250. The van der Waals surface area contributed by atoms with E-state index in [2.05, 4.69) is 11.9 Å². The number of thioether (sulfide) groups is 1. The van der Waals surface area contributed by atoms with E-state index in [1.54, 1.807) is 11.0 Å². The van der Waals surface area contributed by atoms with Crippen LogP contribution in [0.1, 0.15) is 23.1 Å². The molecule has 3 aromatic rings. The molecule has 0 bridgehead atoms. The van der Waals surface area contributed by atoms with Crippen molar-refractivity contribution in [3.8, 4) is 0 Å². The van der Waals surface area contributed by atoms with E-state index in [4.69, 9.17) is 4.99 Å². The monoisotopic (exact) mass is 457 g/mol. The number of rotatable bonds is 6. The highest BCUT2D eigenvalue weighted by molar-refractivity contribution is 8.15. The highest BCUT2D eigenvalue weighted by Crippen LogP contribution is 2.34. The molecule has 0 aliphatic carbocycles. The number of aryl methyl sites for hydroxylation is 3. The lowest BCUT2D eigenvalue weighted by Gasteiger charge is -2.15. The van der Waals surface area contributed by atoms with Crippen molar-refractivity contribution in [1.82, 2.24) is 4.90 Å². The number of hydrogen-bond acceptors (Lipinski definition) is 4. The maximum absolute atomic E-state index is 13.1. The SMILES string of the molecule is C=CCN1C(=O)C(CC(=O)Nc2c(C)cc(C)cc2C)SC1=Nc1cccc2ccccc12. The van der Waals surface area contributed by atoms with Gasteiger partial charge >= 0.3 is 0 Å². The first-order chi connectivity index (χ1) is 15.9. The number of aliphatic imine (C=N–C) groups is 1. The molecule has 1 N–H and O–H groups in total. The van der Waals surface area contributed by atoms with Gasteiger partial charge in [-0.15, -0.1) is 6.58 Å². The Morgan fingerprint density at radius 3 is 2.55 bits per heavy atom. The summed E-state index contributed by atoms with van der Waals surface area (Å²) in [5, 5.41) is 5.18. The second kappa shape index (κ2) is 9.63. The van der Waals surface area contributed by atoms with Crippen molar-refractivity contribution in [2.75, 3.05) is 11.9 Å². The van der Waals surface area contributed by atoms with E-state index in [1.165, 1.54) is 11.8 Å². The molecule has 0 aromatic heterocycles. The van der Waals surface area contributed by atoms with Crippen LogP contribution in [0.25, 0.3) is 10.8 Å². The summed E-state index contributed by atoms with van der Waals surface area (Å²) >= 11 is 1.34. The van der Waals surface area contributed by atoms with Crippen molar-refractivity contribution >= 4 is 50.9 Å². The molecule has 1 fully saturated rings. The number of carbonyl (C=O) groups is 2. The standard InChI is InChI=1S/C27H27N3O2S/c1-5-13-30-26(32)23(16-24(31)29-25-18(3)14-17(2)15-19(25)4)33-27(30)28-22-12-8-10-20-9-6-7-11-21(20)22/h5-12,14-15,23H,1,13,16H2,2-4H3,(H,29,31). The minimum atomic E-state index is -0.523. The lowest BCUT2D eigenvalue weighted by molar-refractivity contribution is -0.127. The van der Waals surface area contributed by atoms with Crippen LogP contribution in [0.5, 0.6) is 0 Å². The molecule has 3 aromatic carbocycles. The fourth-order valence-corrected chi connectivity index (χ4v) is 5.33. The van der Waals surface area contributed by atoms with Crippen molar-refractivity contribution in [3.63, 3.8) is 0 Å². The summed E-state index contributed by atoms with van der Waals surface area (Å²) in [5.41, 5.74) is 4.79. The van der Waals surface area contributed by atoms with Crippen LogP contribution in [0, 0.1) is 20.8 Å². The Kier molecular flexibility index (Phi) is 6.65. The number of hydrogen-bond donors (Lipinski definition) is 1. The van der Waals surface area contributed by atoms with Crippen molar-refractivity contribution in [3.05, 3.63) is 83.9 Å². The summed E-state index contributed by atoms with van der Waals surface area (Å²) < 4.78 is 0. The molecule has 33 heavy (non-hydrogen) atoms. The molecule has 1 heterocycles. The number of nitrogens with one attached hydrogen (secondary N) is 1. The molecule has 1 aliphatic rings. The predicted molar refractivity (Wildman–Crippen MR) is 138 cm³/mol. The van der Waals surface area contributed by atoms with Gasteiger partial charge in [0.15, 0.2) is 5.17 Å². The number of nitrogens with zero attached hydrogens (tertiary/aromatic N) is 2. The van der Waals surface area contributed by atoms with Crippen LogP contribution in [-0.4, -0.2) is 33.7 Å². The summed E-state index contributed by atoms with van der Waals surface area (Å²) in [4.78, 5) is 32.4. The number of benzene rings is 3. The molecule has 168 valence electrons. The molecule has 0 spiro atoms. The van der Waals surface area contributed by atoms with Crippen LogP contribution >= 0.6 is 11.8 Å². The van der Waals surface area contributed by atoms with Gasteiger partial charge in [-0.05, 0) is 43.4 Å². The first-order valence-corrected chi connectivity index (χ1v) is 11.8. The first kappa shape index (κ1) is 22.8. The second-order valence-corrected chi connectivity index (χ2v) is 9.43. The van der Waals surface area contributed by atoms with Gasteiger partial charge in [0.2, 0.25) is 11.8 Å². The molecule has 1 atom stereocenters. The van der Waals surface area contributed by atoms with Crippen LogP contribution < -0.4 is 5.32 Å². The van der Waals surface area contributed by atoms with Crippen molar-refractivity contribution in [2.24, 2.45) is 4.99 Å². The average Bonchev–Trinajstić information content (AvgIpc) is 3.05. The molecular weight excluding hydrogens is 430 g/mol. The van der Waals surface area contributed by atoms with Crippen molar-refractivity contribution < 1.29 is 9.59 Å². The highest BCUT2D eigenvalue weighted by Gasteiger charge is 2.38. The largest absolute Gasteiger partial charge is 0.326 e. The molecule has 1 unspecified atom stereocenters. The summed E-state index contributed by atoms with van der Waals surface area (Å²) in [5.74, 6) is -0.299. The maximum atomic E-state index is 13.1. The van der Waals surface area contributed by atoms with Crippen LogP contribution in [-0.2, 0) is 9.59 Å². The highest BCUT2D eigenvalue weighted by atomic mass is 32.2. The lowest BCUT2D eigenvalue weighted by Crippen LogP contribution is -2.33. The molecule has 5 nitrogen and oxygen atoms in total. The molecule has 6 heteroatoms. The maximum Gasteiger partial charge on any atom is 0.242 e. The molecule has 1 saturated heterocycles. The Morgan fingerprint density at radius 2 is 1.82 bits per heavy atom. The predicted octanol–water partition coefficient (Wildman–Crippen LogP) is 5.91. The third-order valence-corrected chi connectivity index (χ3v) is 6.80. The zero-order chi connectivity index (χ0) is 23.5. The van der Waals surface area contributed by atoms with Gasteiger partial charge in [0, 0.05) is 24.0 Å².